The van der Waals surface area contributed by atoms with Gasteiger partial charge in [0, 0.05) is 5.56 Å². The van der Waals surface area contributed by atoms with E-state index >= 15 is 0 Å². The van der Waals surface area contributed by atoms with Crippen molar-refractivity contribution in [2.75, 3.05) is 5.75 Å². The molecule has 18 heavy (non-hydrogen) atoms. The lowest BCUT2D eigenvalue weighted by molar-refractivity contribution is -0.133. The Balaban J connectivity index is 2.21. The number of aromatic nitrogens is 2. The molecule has 2 rings (SSSR count). The van der Waals surface area contributed by atoms with Gasteiger partial charge in [-0.15, -0.1) is 0 Å². The molecule has 7 heteroatoms. The third-order valence-electron chi connectivity index (χ3n) is 2.11. The lowest BCUT2D eigenvalue weighted by Gasteiger charge is -2.00. The van der Waals surface area contributed by atoms with Crippen LogP contribution in [0.25, 0.3) is 11.3 Å². The maximum Gasteiger partial charge on any atom is 0.313 e. The number of rotatable bonds is 4. The summed E-state index contributed by atoms with van der Waals surface area (Å²) in [7, 11) is 0. The summed E-state index contributed by atoms with van der Waals surface area (Å²) in [5.74, 6) is -1.41. The molecule has 4 nitrogen and oxygen atoms in total. The summed E-state index contributed by atoms with van der Waals surface area (Å²) in [6.07, 6.45) is 1.53. The van der Waals surface area contributed by atoms with E-state index in [1.807, 2.05) is 0 Å². The van der Waals surface area contributed by atoms with Crippen LogP contribution in [0.2, 0.25) is 5.02 Å². The van der Waals surface area contributed by atoms with E-state index in [-0.39, 0.29) is 10.8 Å². The zero-order chi connectivity index (χ0) is 13.1. The van der Waals surface area contributed by atoms with Crippen molar-refractivity contribution in [1.82, 2.24) is 9.97 Å². The number of hydrogen-bond acceptors (Lipinski definition) is 3. The lowest BCUT2D eigenvalue weighted by Crippen LogP contribution is -1.97. The van der Waals surface area contributed by atoms with Gasteiger partial charge in [-0.3, -0.25) is 4.79 Å². The topological polar surface area (TPSA) is 66.0 Å². The second-order valence-corrected chi connectivity index (χ2v) is 4.78. The number of imidazole rings is 1. The highest BCUT2D eigenvalue weighted by molar-refractivity contribution is 7.99. The fourth-order valence-electron chi connectivity index (χ4n) is 1.35. The summed E-state index contributed by atoms with van der Waals surface area (Å²) in [6, 6.07) is 4.05. The van der Waals surface area contributed by atoms with Crippen LogP contribution in [0, 0.1) is 5.82 Å². The molecule has 0 spiro atoms. The zero-order valence-electron chi connectivity index (χ0n) is 8.98. The fraction of sp³-hybridized carbons (Fsp3) is 0.0909. The summed E-state index contributed by atoms with van der Waals surface area (Å²) < 4.78 is 12.9. The van der Waals surface area contributed by atoms with Crippen LogP contribution in [-0.2, 0) is 4.79 Å². The Morgan fingerprint density at radius 3 is 3.00 bits per heavy atom. The van der Waals surface area contributed by atoms with Crippen LogP contribution >= 0.6 is 23.4 Å². The summed E-state index contributed by atoms with van der Waals surface area (Å²) >= 11 is 6.98. The first kappa shape index (κ1) is 12.9. The van der Waals surface area contributed by atoms with E-state index < -0.39 is 11.8 Å². The molecule has 1 aromatic carbocycles. The third kappa shape index (κ3) is 3.02. The number of H-pyrrole nitrogens is 1. The smallest absolute Gasteiger partial charge is 0.313 e. The number of halogens is 2. The Kier molecular flexibility index (Phi) is 3.88. The molecule has 0 aliphatic carbocycles. The van der Waals surface area contributed by atoms with E-state index in [2.05, 4.69) is 9.97 Å². The van der Waals surface area contributed by atoms with Gasteiger partial charge in [-0.1, -0.05) is 23.4 Å². The number of aromatic amines is 1. The van der Waals surface area contributed by atoms with E-state index in [1.54, 1.807) is 0 Å². The minimum Gasteiger partial charge on any atom is -0.481 e. The molecule has 0 saturated heterocycles. The van der Waals surface area contributed by atoms with Crippen LogP contribution in [0.4, 0.5) is 4.39 Å². The second kappa shape index (κ2) is 5.41. The maximum absolute atomic E-state index is 12.9. The minimum atomic E-state index is -0.919. The normalized spacial score (nSPS) is 10.6. The summed E-state index contributed by atoms with van der Waals surface area (Å²) in [4.78, 5) is 17.4. The fourth-order valence-corrected chi connectivity index (χ4v) is 2.19. The average molecular weight is 287 g/mol. The SMILES string of the molecule is O=C(O)CSc1ncc(-c2ccc(F)cc2Cl)[nH]1. The molecule has 2 aromatic rings. The highest BCUT2D eigenvalue weighted by atomic mass is 35.5. The Morgan fingerprint density at radius 2 is 2.33 bits per heavy atom. The molecule has 0 saturated carbocycles. The van der Waals surface area contributed by atoms with Gasteiger partial charge < -0.3 is 10.1 Å². The van der Waals surface area contributed by atoms with Gasteiger partial charge in [0.15, 0.2) is 5.16 Å². The van der Waals surface area contributed by atoms with Crippen molar-refractivity contribution in [2.24, 2.45) is 0 Å². The van der Waals surface area contributed by atoms with Gasteiger partial charge in [-0.2, -0.15) is 0 Å². The standard InChI is InChI=1S/C11H8ClFN2O2S/c12-8-3-6(13)1-2-7(8)9-4-14-11(15-9)18-5-10(16)17/h1-4H,5H2,(H,14,15)(H,16,17). The van der Waals surface area contributed by atoms with Crippen LogP contribution in [0.5, 0.6) is 0 Å². The van der Waals surface area contributed by atoms with Gasteiger partial charge in [0.05, 0.1) is 22.7 Å². The molecule has 0 aliphatic rings. The van der Waals surface area contributed by atoms with E-state index in [0.717, 1.165) is 11.8 Å². The van der Waals surface area contributed by atoms with Crippen LogP contribution in [0.1, 0.15) is 0 Å². The largest absolute Gasteiger partial charge is 0.481 e. The van der Waals surface area contributed by atoms with E-state index in [1.165, 1.54) is 24.4 Å². The first-order chi connectivity index (χ1) is 8.56. The van der Waals surface area contributed by atoms with Crippen LogP contribution < -0.4 is 0 Å². The Labute approximate surface area is 111 Å². The zero-order valence-corrected chi connectivity index (χ0v) is 10.6. The predicted octanol–water partition coefficient (Wildman–Crippen LogP) is 3.05. The molecular formula is C11H8ClFN2O2S. The first-order valence-electron chi connectivity index (χ1n) is 4.91. The van der Waals surface area contributed by atoms with Crippen molar-refractivity contribution >= 4 is 29.3 Å². The molecule has 0 atom stereocenters. The van der Waals surface area contributed by atoms with Crippen LogP contribution in [0.15, 0.2) is 29.6 Å². The van der Waals surface area contributed by atoms with Crippen molar-refractivity contribution < 1.29 is 14.3 Å². The molecule has 0 aliphatic heterocycles. The number of nitrogens with zero attached hydrogens (tertiary/aromatic N) is 1. The Hall–Kier alpha value is -1.53. The van der Waals surface area contributed by atoms with Crippen molar-refractivity contribution in [2.45, 2.75) is 5.16 Å². The number of hydrogen-bond donors (Lipinski definition) is 2. The third-order valence-corrected chi connectivity index (χ3v) is 3.29. The van der Waals surface area contributed by atoms with E-state index in [4.69, 9.17) is 16.7 Å². The van der Waals surface area contributed by atoms with Crippen molar-refractivity contribution in [3.05, 3.63) is 35.2 Å². The molecule has 94 valence electrons. The molecular weight excluding hydrogens is 279 g/mol. The summed E-state index contributed by atoms with van der Waals surface area (Å²) in [6.45, 7) is 0. The van der Waals surface area contributed by atoms with Gasteiger partial charge in [0.1, 0.15) is 5.82 Å². The quantitative estimate of drug-likeness (QED) is 0.848. The van der Waals surface area contributed by atoms with E-state index in [9.17, 15) is 9.18 Å². The van der Waals surface area contributed by atoms with Crippen molar-refractivity contribution in [3.8, 4) is 11.3 Å². The molecule has 0 bridgehead atoms. The number of thioether (sulfide) groups is 1. The number of carboxylic acids is 1. The second-order valence-electron chi connectivity index (χ2n) is 3.41. The Morgan fingerprint density at radius 1 is 1.56 bits per heavy atom. The molecule has 0 radical (unpaired) electrons. The number of benzene rings is 1. The highest BCUT2D eigenvalue weighted by Crippen LogP contribution is 2.28. The molecule has 0 fully saturated rings. The van der Waals surface area contributed by atoms with Crippen LogP contribution in [0.3, 0.4) is 0 Å². The van der Waals surface area contributed by atoms with E-state index in [0.29, 0.717) is 16.4 Å². The van der Waals surface area contributed by atoms with Gasteiger partial charge >= 0.3 is 5.97 Å². The Bertz CT molecular complexity index is 588. The molecule has 0 unspecified atom stereocenters. The van der Waals surface area contributed by atoms with Gasteiger partial charge in [-0.05, 0) is 18.2 Å². The molecule has 2 N–H and O–H groups in total. The predicted molar refractivity (Wildman–Crippen MR) is 67.4 cm³/mol. The summed E-state index contributed by atoms with van der Waals surface area (Å²) in [5.41, 5.74) is 1.24. The molecule has 1 heterocycles. The van der Waals surface area contributed by atoms with Gasteiger partial charge in [0.2, 0.25) is 0 Å². The monoisotopic (exact) mass is 286 g/mol. The maximum atomic E-state index is 12.9. The average Bonchev–Trinajstić information content (AvgIpc) is 2.75. The van der Waals surface area contributed by atoms with Crippen LogP contribution in [-0.4, -0.2) is 26.8 Å². The number of carbonyl (C=O) groups is 1. The minimum absolute atomic E-state index is 0.0793. The van der Waals surface area contributed by atoms with Crippen molar-refractivity contribution in [3.63, 3.8) is 0 Å². The van der Waals surface area contributed by atoms with Gasteiger partial charge in [0.25, 0.3) is 0 Å². The molecule has 1 aromatic heterocycles. The molecule has 0 amide bonds. The van der Waals surface area contributed by atoms with Gasteiger partial charge in [-0.25, -0.2) is 9.37 Å². The lowest BCUT2D eigenvalue weighted by atomic mass is 10.2. The number of nitrogens with one attached hydrogen (secondary N) is 1. The first-order valence-corrected chi connectivity index (χ1v) is 6.27. The summed E-state index contributed by atoms with van der Waals surface area (Å²) in [5, 5.41) is 9.30. The van der Waals surface area contributed by atoms with Crippen molar-refractivity contribution in [1.29, 1.82) is 0 Å². The number of aliphatic carboxylic acids is 1. The number of carboxylic acid groups (broad SMARTS) is 1. The highest BCUT2D eigenvalue weighted by Gasteiger charge is 2.09.